The average molecular weight is 339 g/mol. The standard InChI is InChI=1S/C22H29NO2/c1-2-3-8-21(22(24)25)19-11-13-23(14-12-19)16-17-9-10-18-6-4-5-7-20(18)15-17/h4-7,9-10,15,19,21H,2-3,8,11-14,16H2,1H3,(H,24,25). The van der Waals surface area contributed by atoms with E-state index in [2.05, 4.69) is 54.3 Å². The number of carboxylic acids is 1. The predicted octanol–water partition coefficient (Wildman–Crippen LogP) is 4.94. The maximum atomic E-state index is 11.6. The van der Waals surface area contributed by atoms with E-state index in [1.54, 1.807) is 0 Å². The molecule has 1 aliphatic heterocycles. The van der Waals surface area contributed by atoms with Gasteiger partial charge in [-0.1, -0.05) is 56.2 Å². The Kier molecular flexibility index (Phi) is 6.09. The van der Waals surface area contributed by atoms with Gasteiger partial charge in [0.25, 0.3) is 0 Å². The second-order valence-corrected chi connectivity index (χ2v) is 7.38. The van der Waals surface area contributed by atoms with Gasteiger partial charge >= 0.3 is 5.97 Å². The minimum atomic E-state index is -0.596. The highest BCUT2D eigenvalue weighted by molar-refractivity contribution is 5.82. The van der Waals surface area contributed by atoms with Gasteiger partial charge in [0.15, 0.2) is 0 Å². The molecule has 0 aliphatic carbocycles. The SMILES string of the molecule is CCCCC(C(=O)O)C1CCN(Cc2ccc3ccccc3c2)CC1. The third kappa shape index (κ3) is 4.60. The van der Waals surface area contributed by atoms with Crippen LogP contribution in [-0.2, 0) is 11.3 Å². The van der Waals surface area contributed by atoms with E-state index in [1.807, 2.05) is 0 Å². The molecule has 1 aliphatic rings. The van der Waals surface area contributed by atoms with E-state index < -0.39 is 5.97 Å². The number of aliphatic carboxylic acids is 1. The van der Waals surface area contributed by atoms with Gasteiger partial charge < -0.3 is 5.11 Å². The fraction of sp³-hybridized carbons (Fsp3) is 0.500. The van der Waals surface area contributed by atoms with Crippen molar-refractivity contribution < 1.29 is 9.90 Å². The van der Waals surface area contributed by atoms with Crippen LogP contribution in [0.4, 0.5) is 0 Å². The fourth-order valence-corrected chi connectivity index (χ4v) is 4.09. The second-order valence-electron chi connectivity index (χ2n) is 7.38. The molecule has 1 fully saturated rings. The van der Waals surface area contributed by atoms with Gasteiger partial charge in [-0.15, -0.1) is 0 Å². The van der Waals surface area contributed by atoms with Crippen LogP contribution in [0.1, 0.15) is 44.6 Å². The van der Waals surface area contributed by atoms with Crippen molar-refractivity contribution in [1.29, 1.82) is 0 Å². The number of hydrogen-bond acceptors (Lipinski definition) is 2. The topological polar surface area (TPSA) is 40.5 Å². The number of fused-ring (bicyclic) bond motifs is 1. The average Bonchev–Trinajstić information content (AvgIpc) is 2.63. The number of piperidine rings is 1. The molecule has 0 aromatic heterocycles. The molecule has 0 bridgehead atoms. The molecule has 2 aromatic carbocycles. The second kappa shape index (κ2) is 8.48. The molecule has 3 heteroatoms. The molecule has 1 atom stereocenters. The van der Waals surface area contributed by atoms with Gasteiger partial charge in [-0.3, -0.25) is 9.69 Å². The Bertz CT molecular complexity index is 704. The summed E-state index contributed by atoms with van der Waals surface area (Å²) in [6, 6.07) is 15.2. The van der Waals surface area contributed by atoms with Crippen molar-refractivity contribution in [2.75, 3.05) is 13.1 Å². The molecular weight excluding hydrogens is 310 g/mol. The third-order valence-electron chi connectivity index (χ3n) is 5.61. The molecule has 1 unspecified atom stereocenters. The molecule has 2 aromatic rings. The molecule has 1 heterocycles. The van der Waals surface area contributed by atoms with Crippen molar-refractivity contribution in [3.8, 4) is 0 Å². The summed E-state index contributed by atoms with van der Waals surface area (Å²) in [6.45, 7) is 5.11. The van der Waals surface area contributed by atoms with E-state index in [1.165, 1.54) is 16.3 Å². The van der Waals surface area contributed by atoms with Crippen molar-refractivity contribution in [1.82, 2.24) is 4.90 Å². The number of benzene rings is 2. The summed E-state index contributed by atoms with van der Waals surface area (Å²) in [4.78, 5) is 14.1. The lowest BCUT2D eigenvalue weighted by molar-refractivity contribution is -0.144. The molecule has 0 radical (unpaired) electrons. The number of carbonyl (C=O) groups is 1. The quantitative estimate of drug-likeness (QED) is 0.776. The lowest BCUT2D eigenvalue weighted by Crippen LogP contribution is -2.37. The van der Waals surface area contributed by atoms with Gasteiger partial charge in [0.2, 0.25) is 0 Å². The summed E-state index contributed by atoms with van der Waals surface area (Å²) in [5.74, 6) is -0.402. The summed E-state index contributed by atoms with van der Waals surface area (Å²) < 4.78 is 0. The van der Waals surface area contributed by atoms with E-state index in [4.69, 9.17) is 0 Å². The van der Waals surface area contributed by atoms with Crippen LogP contribution < -0.4 is 0 Å². The van der Waals surface area contributed by atoms with Crippen LogP contribution in [0.5, 0.6) is 0 Å². The largest absolute Gasteiger partial charge is 0.481 e. The first-order valence-electron chi connectivity index (χ1n) is 9.60. The van der Waals surface area contributed by atoms with Crippen molar-refractivity contribution in [2.45, 2.75) is 45.6 Å². The Morgan fingerprint density at radius 3 is 2.56 bits per heavy atom. The van der Waals surface area contributed by atoms with E-state index in [0.717, 1.165) is 51.7 Å². The first-order valence-corrected chi connectivity index (χ1v) is 9.60. The van der Waals surface area contributed by atoms with Gasteiger partial charge in [0.1, 0.15) is 0 Å². The zero-order chi connectivity index (χ0) is 17.6. The molecular formula is C22H29NO2. The van der Waals surface area contributed by atoms with Crippen LogP contribution in [0.2, 0.25) is 0 Å². The van der Waals surface area contributed by atoms with E-state index in [-0.39, 0.29) is 5.92 Å². The third-order valence-corrected chi connectivity index (χ3v) is 5.61. The van der Waals surface area contributed by atoms with Crippen molar-refractivity contribution in [3.63, 3.8) is 0 Å². The molecule has 3 nitrogen and oxygen atoms in total. The van der Waals surface area contributed by atoms with Crippen LogP contribution in [0.25, 0.3) is 10.8 Å². The first kappa shape index (κ1) is 17.9. The number of likely N-dealkylation sites (tertiary alicyclic amines) is 1. The van der Waals surface area contributed by atoms with Gasteiger partial charge in [0, 0.05) is 6.54 Å². The summed E-state index contributed by atoms with van der Waals surface area (Å²) in [7, 11) is 0. The van der Waals surface area contributed by atoms with Crippen molar-refractivity contribution >= 4 is 16.7 Å². The van der Waals surface area contributed by atoms with Crippen LogP contribution in [0.15, 0.2) is 42.5 Å². The summed E-state index contributed by atoms with van der Waals surface area (Å²) in [5, 5.41) is 12.1. The highest BCUT2D eigenvalue weighted by Gasteiger charge is 2.30. The molecule has 134 valence electrons. The molecule has 1 N–H and O–H groups in total. The summed E-state index contributed by atoms with van der Waals surface area (Å²) in [6.07, 6.45) is 4.95. The lowest BCUT2D eigenvalue weighted by Gasteiger charge is -2.34. The molecule has 0 amide bonds. The number of unbranched alkanes of at least 4 members (excludes halogenated alkanes) is 1. The minimum absolute atomic E-state index is 0.150. The maximum Gasteiger partial charge on any atom is 0.306 e. The zero-order valence-electron chi connectivity index (χ0n) is 15.2. The number of carboxylic acid groups (broad SMARTS) is 1. The van der Waals surface area contributed by atoms with E-state index in [0.29, 0.717) is 5.92 Å². The molecule has 0 saturated carbocycles. The Balaban J connectivity index is 1.57. The fourth-order valence-electron chi connectivity index (χ4n) is 4.09. The summed E-state index contributed by atoms with van der Waals surface area (Å²) >= 11 is 0. The van der Waals surface area contributed by atoms with Crippen molar-refractivity contribution in [2.24, 2.45) is 11.8 Å². The monoisotopic (exact) mass is 339 g/mol. The summed E-state index contributed by atoms with van der Waals surface area (Å²) in [5.41, 5.74) is 1.35. The van der Waals surface area contributed by atoms with E-state index in [9.17, 15) is 9.90 Å². The number of nitrogens with zero attached hydrogens (tertiary/aromatic N) is 1. The molecule has 3 rings (SSSR count). The van der Waals surface area contributed by atoms with Gasteiger partial charge in [-0.05, 0) is 60.7 Å². The van der Waals surface area contributed by atoms with Gasteiger partial charge in [-0.25, -0.2) is 0 Å². The van der Waals surface area contributed by atoms with Crippen LogP contribution >= 0.6 is 0 Å². The highest BCUT2D eigenvalue weighted by atomic mass is 16.4. The highest BCUT2D eigenvalue weighted by Crippen LogP contribution is 2.30. The molecule has 0 spiro atoms. The number of hydrogen-bond donors (Lipinski definition) is 1. The first-order chi connectivity index (χ1) is 12.2. The minimum Gasteiger partial charge on any atom is -0.481 e. The van der Waals surface area contributed by atoms with Crippen LogP contribution in [-0.4, -0.2) is 29.1 Å². The lowest BCUT2D eigenvalue weighted by atomic mass is 9.81. The number of rotatable bonds is 7. The Morgan fingerprint density at radius 1 is 1.16 bits per heavy atom. The maximum absolute atomic E-state index is 11.6. The molecule has 25 heavy (non-hydrogen) atoms. The Morgan fingerprint density at radius 2 is 1.88 bits per heavy atom. The van der Waals surface area contributed by atoms with Crippen LogP contribution in [0.3, 0.4) is 0 Å². The van der Waals surface area contributed by atoms with Gasteiger partial charge in [-0.2, -0.15) is 0 Å². The van der Waals surface area contributed by atoms with Crippen molar-refractivity contribution in [3.05, 3.63) is 48.0 Å². The molecule has 1 saturated heterocycles. The van der Waals surface area contributed by atoms with E-state index >= 15 is 0 Å². The zero-order valence-corrected chi connectivity index (χ0v) is 15.2. The van der Waals surface area contributed by atoms with Gasteiger partial charge in [0.05, 0.1) is 5.92 Å². The normalized spacial score (nSPS) is 17.6. The predicted molar refractivity (Wildman–Crippen MR) is 103 cm³/mol. The smallest absolute Gasteiger partial charge is 0.306 e. The van der Waals surface area contributed by atoms with Crippen LogP contribution in [0, 0.1) is 11.8 Å². The Hall–Kier alpha value is -1.87. The Labute approximate surface area is 150 Å².